The van der Waals surface area contributed by atoms with Crippen molar-refractivity contribution in [2.75, 3.05) is 0 Å². The first-order valence-electron chi connectivity index (χ1n) is 10.4. The maximum atomic E-state index is 12.4. The lowest BCUT2D eigenvalue weighted by Crippen LogP contribution is -2.49. The van der Waals surface area contributed by atoms with E-state index in [1.807, 2.05) is 42.6 Å². The van der Waals surface area contributed by atoms with Crippen LogP contribution >= 0.6 is 0 Å². The molecule has 5 heteroatoms. The molecular formula is C24H23NO4. The fourth-order valence-corrected chi connectivity index (χ4v) is 5.87. The Bertz CT molecular complexity index is 1000. The van der Waals surface area contributed by atoms with Gasteiger partial charge in [0, 0.05) is 24.6 Å². The van der Waals surface area contributed by atoms with E-state index in [9.17, 15) is 4.79 Å². The Morgan fingerprint density at radius 3 is 2.83 bits per heavy atom. The van der Waals surface area contributed by atoms with Crippen LogP contribution in [-0.4, -0.2) is 28.3 Å². The zero-order chi connectivity index (χ0) is 19.6. The first-order chi connectivity index (χ1) is 14.1. The van der Waals surface area contributed by atoms with Crippen molar-refractivity contribution in [3.63, 3.8) is 0 Å². The Labute approximate surface area is 169 Å². The van der Waals surface area contributed by atoms with Gasteiger partial charge in [0.1, 0.15) is 17.5 Å². The van der Waals surface area contributed by atoms with Gasteiger partial charge in [-0.05, 0) is 42.9 Å². The summed E-state index contributed by atoms with van der Waals surface area (Å²) in [6, 6.07) is 13.6. The van der Waals surface area contributed by atoms with Crippen LogP contribution < -0.4 is 4.74 Å². The molecule has 2 bridgehead atoms. The fraction of sp³-hybridized carbons (Fsp3) is 0.417. The number of hydrogen-bond donors (Lipinski definition) is 0. The molecule has 3 aliphatic heterocycles. The summed E-state index contributed by atoms with van der Waals surface area (Å²) in [5.41, 5.74) is 1.08. The van der Waals surface area contributed by atoms with Gasteiger partial charge < -0.3 is 14.2 Å². The second kappa shape index (κ2) is 5.92. The van der Waals surface area contributed by atoms with Crippen molar-refractivity contribution >= 4 is 5.97 Å². The third-order valence-corrected chi connectivity index (χ3v) is 7.23. The topological polar surface area (TPSA) is 57.7 Å². The first kappa shape index (κ1) is 17.2. The zero-order valence-electron chi connectivity index (χ0n) is 16.3. The van der Waals surface area contributed by atoms with Crippen molar-refractivity contribution in [1.82, 2.24) is 4.98 Å². The van der Waals surface area contributed by atoms with E-state index >= 15 is 0 Å². The van der Waals surface area contributed by atoms with Crippen LogP contribution in [0.1, 0.15) is 31.7 Å². The summed E-state index contributed by atoms with van der Waals surface area (Å²) in [6.07, 6.45) is 7.59. The largest absolute Gasteiger partial charge is 0.455 e. The van der Waals surface area contributed by atoms with E-state index in [-0.39, 0.29) is 23.6 Å². The van der Waals surface area contributed by atoms with Crippen LogP contribution in [-0.2, 0) is 20.7 Å². The first-order valence-corrected chi connectivity index (χ1v) is 10.4. The fourth-order valence-electron chi connectivity index (χ4n) is 5.87. The summed E-state index contributed by atoms with van der Waals surface area (Å²) in [5.74, 6) is 1.69. The Balaban J connectivity index is 1.27. The highest BCUT2D eigenvalue weighted by Gasteiger charge is 2.72. The van der Waals surface area contributed by atoms with E-state index in [4.69, 9.17) is 14.2 Å². The molecule has 2 unspecified atom stereocenters. The van der Waals surface area contributed by atoms with E-state index in [2.05, 4.69) is 24.1 Å². The Morgan fingerprint density at radius 1 is 1.17 bits per heavy atom. The molecule has 0 radical (unpaired) electrons. The van der Waals surface area contributed by atoms with Gasteiger partial charge in [0.05, 0.1) is 11.2 Å². The summed E-state index contributed by atoms with van der Waals surface area (Å²) >= 11 is 0. The smallest absolute Gasteiger partial charge is 0.337 e. The quantitative estimate of drug-likeness (QED) is 0.733. The molecule has 6 rings (SSSR count). The molecule has 3 fully saturated rings. The number of nitrogens with zero attached hydrogens (tertiary/aromatic N) is 1. The van der Waals surface area contributed by atoms with Crippen LogP contribution in [0.5, 0.6) is 11.6 Å². The van der Waals surface area contributed by atoms with E-state index in [1.165, 1.54) is 0 Å². The molecule has 5 nitrogen and oxygen atoms in total. The summed E-state index contributed by atoms with van der Waals surface area (Å²) < 4.78 is 18.3. The predicted octanol–water partition coefficient (Wildman–Crippen LogP) is 4.23. The minimum absolute atomic E-state index is 0.111. The zero-order valence-corrected chi connectivity index (χ0v) is 16.3. The van der Waals surface area contributed by atoms with Gasteiger partial charge in [-0.1, -0.05) is 37.3 Å². The Morgan fingerprint density at radius 2 is 2.03 bits per heavy atom. The Kier molecular flexibility index (Phi) is 3.52. The average molecular weight is 389 g/mol. The number of para-hydroxylation sites is 1. The van der Waals surface area contributed by atoms with Gasteiger partial charge in [0.15, 0.2) is 0 Å². The van der Waals surface area contributed by atoms with Gasteiger partial charge in [-0.2, -0.15) is 0 Å². The third kappa shape index (κ3) is 2.37. The molecule has 1 saturated carbocycles. The summed E-state index contributed by atoms with van der Waals surface area (Å²) in [7, 11) is 0. The van der Waals surface area contributed by atoms with E-state index in [0.29, 0.717) is 11.8 Å². The van der Waals surface area contributed by atoms with Gasteiger partial charge in [-0.15, -0.1) is 0 Å². The molecule has 1 aliphatic carbocycles. The van der Waals surface area contributed by atoms with Crippen molar-refractivity contribution in [3.8, 4) is 11.6 Å². The molecule has 5 atom stereocenters. The number of benzene rings is 1. The summed E-state index contributed by atoms with van der Waals surface area (Å²) in [6.45, 7) is 2.15. The standard InChI is InChI=1S/C24H23NO4/c1-15-11-19-22(26)28-20-9-8-17-13-23(15,29-24(17,19)20)12-16-7-10-21(25-14-16)27-18-5-3-2-4-6-18/h2-7,10-11,14-15,17,20H,8-9,12-13H2,1H3/t15-,17?,20-,23?,24+/m1/s1. The molecule has 4 aliphatic rings. The number of rotatable bonds is 4. The molecule has 1 spiro atoms. The van der Waals surface area contributed by atoms with E-state index < -0.39 is 5.60 Å². The van der Waals surface area contributed by atoms with Crippen LogP contribution in [0.3, 0.4) is 0 Å². The molecule has 0 amide bonds. The number of aromatic nitrogens is 1. The van der Waals surface area contributed by atoms with Crippen LogP contribution in [0.4, 0.5) is 0 Å². The van der Waals surface area contributed by atoms with Gasteiger partial charge in [0.2, 0.25) is 5.88 Å². The van der Waals surface area contributed by atoms with E-state index in [1.54, 1.807) is 0 Å². The van der Waals surface area contributed by atoms with Crippen LogP contribution in [0.2, 0.25) is 0 Å². The number of ether oxygens (including phenoxy) is 3. The molecule has 0 N–H and O–H groups in total. The highest BCUT2D eigenvalue weighted by Crippen LogP contribution is 2.64. The maximum absolute atomic E-state index is 12.4. The summed E-state index contributed by atoms with van der Waals surface area (Å²) in [4.78, 5) is 16.9. The molecule has 1 aromatic carbocycles. The van der Waals surface area contributed by atoms with Crippen molar-refractivity contribution in [1.29, 1.82) is 0 Å². The highest BCUT2D eigenvalue weighted by atomic mass is 16.6. The number of carbonyl (C=O) groups excluding carboxylic acids is 1. The number of fused-ring (bicyclic) bond motifs is 1. The van der Waals surface area contributed by atoms with Crippen molar-refractivity contribution in [2.24, 2.45) is 11.8 Å². The second-order valence-electron chi connectivity index (χ2n) is 8.80. The lowest BCUT2D eigenvalue weighted by Gasteiger charge is -2.41. The van der Waals surface area contributed by atoms with Crippen LogP contribution in [0.25, 0.3) is 0 Å². The van der Waals surface area contributed by atoms with Crippen molar-refractivity contribution < 1.29 is 19.0 Å². The highest BCUT2D eigenvalue weighted by molar-refractivity contribution is 5.94. The molecule has 2 saturated heterocycles. The summed E-state index contributed by atoms with van der Waals surface area (Å²) in [5, 5.41) is 0. The minimum Gasteiger partial charge on any atom is -0.455 e. The number of pyridine rings is 1. The SMILES string of the molecule is C[C@@H]1C=C2C(=O)O[C@@H]3CCC4CC1(Cc1ccc(Oc5ccccc5)nc1)O[C@]243. The normalized spacial score (nSPS) is 36.5. The lowest BCUT2D eigenvalue weighted by atomic mass is 9.79. The average Bonchev–Trinajstić information content (AvgIpc) is 3.28. The predicted molar refractivity (Wildman–Crippen MR) is 105 cm³/mol. The maximum Gasteiger partial charge on any atom is 0.337 e. The van der Waals surface area contributed by atoms with Crippen LogP contribution in [0.15, 0.2) is 60.3 Å². The monoisotopic (exact) mass is 389 g/mol. The minimum atomic E-state index is -0.507. The third-order valence-electron chi connectivity index (χ3n) is 7.23. The van der Waals surface area contributed by atoms with Gasteiger partial charge >= 0.3 is 5.97 Å². The van der Waals surface area contributed by atoms with Crippen molar-refractivity contribution in [2.45, 2.75) is 49.9 Å². The molecule has 1 aromatic heterocycles. The second-order valence-corrected chi connectivity index (χ2v) is 8.80. The Hall–Kier alpha value is -2.66. The lowest BCUT2D eigenvalue weighted by molar-refractivity contribution is -0.149. The van der Waals surface area contributed by atoms with Gasteiger partial charge in [0.25, 0.3) is 0 Å². The number of esters is 1. The molecule has 29 heavy (non-hydrogen) atoms. The molecule has 2 aromatic rings. The van der Waals surface area contributed by atoms with E-state index in [0.717, 1.165) is 42.6 Å². The van der Waals surface area contributed by atoms with Crippen LogP contribution in [0, 0.1) is 11.8 Å². The number of hydrogen-bond acceptors (Lipinski definition) is 5. The molecule has 4 heterocycles. The molecular weight excluding hydrogens is 366 g/mol. The van der Waals surface area contributed by atoms with Gasteiger partial charge in [-0.25, -0.2) is 9.78 Å². The van der Waals surface area contributed by atoms with Gasteiger partial charge in [-0.3, -0.25) is 0 Å². The molecule has 148 valence electrons. The van der Waals surface area contributed by atoms with Crippen molar-refractivity contribution in [3.05, 3.63) is 65.9 Å². The number of carbonyl (C=O) groups is 1.